The maximum atomic E-state index is 17.2. The van der Waals surface area contributed by atoms with Gasteiger partial charge < -0.3 is 25.6 Å². The maximum Gasteiger partial charge on any atom is 0.319 e. The monoisotopic (exact) mass is 683 g/mol. The molecule has 2 aliphatic rings. The van der Waals surface area contributed by atoms with Crippen LogP contribution in [0, 0.1) is 24.0 Å². The van der Waals surface area contributed by atoms with E-state index in [-0.39, 0.29) is 63.2 Å². The van der Waals surface area contributed by atoms with E-state index in [0.717, 1.165) is 19.4 Å². The quantitative estimate of drug-likeness (QED) is 0.144. The number of aromatic hydroxyl groups is 1. The molecule has 10 nitrogen and oxygen atoms in total. The number of anilines is 2. The third-order valence-corrected chi connectivity index (χ3v) is 9.45. The number of fused-ring (bicyclic) bond motifs is 3. The molecule has 2 fully saturated rings. The highest BCUT2D eigenvalue weighted by molar-refractivity contribution is 6.04. The smallest absolute Gasteiger partial charge is 0.319 e. The fourth-order valence-corrected chi connectivity index (χ4v) is 7.26. The van der Waals surface area contributed by atoms with Gasteiger partial charge in [-0.1, -0.05) is 18.1 Å². The van der Waals surface area contributed by atoms with Gasteiger partial charge in [0.15, 0.2) is 5.82 Å². The van der Waals surface area contributed by atoms with Crippen LogP contribution in [0.15, 0.2) is 42.6 Å². The van der Waals surface area contributed by atoms with Gasteiger partial charge in [-0.15, -0.1) is 6.42 Å². The Balaban J connectivity index is 1.45. The summed E-state index contributed by atoms with van der Waals surface area (Å²) < 4.78 is 59.1. The number of aromatic nitrogens is 4. The molecule has 3 atom stereocenters. The van der Waals surface area contributed by atoms with E-state index in [2.05, 4.69) is 36.1 Å². The number of halogens is 3. The summed E-state index contributed by atoms with van der Waals surface area (Å²) >= 11 is 0. The van der Waals surface area contributed by atoms with Crippen LogP contribution in [0.5, 0.6) is 17.6 Å². The van der Waals surface area contributed by atoms with Crippen LogP contribution in [0.1, 0.15) is 57.2 Å². The summed E-state index contributed by atoms with van der Waals surface area (Å²) in [4.78, 5) is 20.1. The van der Waals surface area contributed by atoms with Crippen molar-refractivity contribution in [3.8, 4) is 41.2 Å². The van der Waals surface area contributed by atoms with Gasteiger partial charge in [0.1, 0.15) is 52.6 Å². The van der Waals surface area contributed by atoms with Gasteiger partial charge in [0.25, 0.3) is 0 Å². The maximum absolute atomic E-state index is 17.2. The molecule has 0 amide bonds. The van der Waals surface area contributed by atoms with E-state index in [1.807, 2.05) is 6.92 Å². The van der Waals surface area contributed by atoms with Gasteiger partial charge in [0, 0.05) is 35.7 Å². The van der Waals surface area contributed by atoms with Gasteiger partial charge in [-0.3, -0.25) is 4.90 Å². The Bertz CT molecular complexity index is 2180. The van der Waals surface area contributed by atoms with Crippen molar-refractivity contribution in [1.29, 1.82) is 0 Å². The van der Waals surface area contributed by atoms with Crippen LogP contribution in [0.2, 0.25) is 0 Å². The van der Waals surface area contributed by atoms with Crippen LogP contribution in [0.3, 0.4) is 0 Å². The van der Waals surface area contributed by atoms with Crippen molar-refractivity contribution in [2.24, 2.45) is 0 Å². The first kappa shape index (κ1) is 33.2. The van der Waals surface area contributed by atoms with Crippen molar-refractivity contribution < 1.29 is 27.8 Å². The number of nitrogens with two attached hydrogens (primary N) is 1. The van der Waals surface area contributed by atoms with Crippen LogP contribution < -0.4 is 20.5 Å². The first-order chi connectivity index (χ1) is 24.0. The first-order valence-corrected chi connectivity index (χ1v) is 16.5. The van der Waals surface area contributed by atoms with Crippen LogP contribution in [-0.2, 0) is 0 Å². The topological polar surface area (TPSA) is 132 Å². The number of hydrogen-bond donors (Lipinski definition) is 3. The molecule has 0 bridgehead atoms. The number of alkyl halides is 1. The number of phenols is 1. The molecule has 0 aliphatic carbocycles. The predicted molar refractivity (Wildman–Crippen MR) is 185 cm³/mol. The van der Waals surface area contributed by atoms with E-state index in [1.54, 1.807) is 32.2 Å². The van der Waals surface area contributed by atoms with Crippen LogP contribution in [0.4, 0.5) is 24.8 Å². The van der Waals surface area contributed by atoms with Gasteiger partial charge >= 0.3 is 6.01 Å². The summed E-state index contributed by atoms with van der Waals surface area (Å²) in [6.07, 6.45) is 7.86. The van der Waals surface area contributed by atoms with Gasteiger partial charge in [-0.25, -0.2) is 23.1 Å². The molecule has 2 aromatic carbocycles. The second-order valence-corrected chi connectivity index (χ2v) is 13.2. The molecule has 4 N–H and O–H groups in total. The molecule has 3 aromatic heterocycles. The highest BCUT2D eigenvalue weighted by Crippen LogP contribution is 2.43. The molecule has 7 rings (SSSR count). The summed E-state index contributed by atoms with van der Waals surface area (Å²) in [5.74, 6) is 0.943. The lowest BCUT2D eigenvalue weighted by Crippen LogP contribution is -2.43. The van der Waals surface area contributed by atoms with Gasteiger partial charge in [0.2, 0.25) is 5.88 Å². The normalized spacial score (nSPS) is 19.5. The molecule has 0 spiro atoms. The van der Waals surface area contributed by atoms with Crippen LogP contribution in [0.25, 0.3) is 32.9 Å². The van der Waals surface area contributed by atoms with Crippen LogP contribution in [-0.4, -0.2) is 67.5 Å². The van der Waals surface area contributed by atoms with Gasteiger partial charge in [0.05, 0.1) is 23.2 Å². The number of rotatable bonds is 9. The van der Waals surface area contributed by atoms with E-state index in [1.165, 1.54) is 24.3 Å². The number of terminal acetylenes is 1. The lowest BCUT2D eigenvalue weighted by atomic mass is 9.95. The van der Waals surface area contributed by atoms with Crippen molar-refractivity contribution in [3.05, 3.63) is 65.4 Å². The summed E-state index contributed by atoms with van der Waals surface area (Å²) in [7, 11) is 0. The summed E-state index contributed by atoms with van der Waals surface area (Å²) in [5, 5.41) is 14.6. The van der Waals surface area contributed by atoms with E-state index in [4.69, 9.17) is 21.6 Å². The average molecular weight is 684 g/mol. The van der Waals surface area contributed by atoms with Crippen molar-refractivity contribution in [2.45, 2.75) is 63.9 Å². The first-order valence-electron chi connectivity index (χ1n) is 16.5. The number of phenolic OH excluding ortho intramolecular Hbond substituents is 1. The molecule has 0 unspecified atom stereocenters. The minimum atomic E-state index is -0.976. The van der Waals surface area contributed by atoms with E-state index >= 15 is 8.78 Å². The molecule has 5 heterocycles. The second-order valence-electron chi connectivity index (χ2n) is 13.2. The number of nitrogen functional groups attached to an aromatic ring is 1. The Morgan fingerprint density at radius 3 is 2.74 bits per heavy atom. The molecule has 5 aromatic rings. The Hall–Kier alpha value is -5.35. The minimum absolute atomic E-state index is 0.0291. The van der Waals surface area contributed by atoms with Crippen molar-refractivity contribution in [1.82, 2.24) is 24.8 Å². The molecule has 0 saturated carbocycles. The zero-order chi connectivity index (χ0) is 35.3. The molecule has 258 valence electrons. The van der Waals surface area contributed by atoms with Gasteiger partial charge in [-0.2, -0.15) is 9.97 Å². The molecule has 2 saturated heterocycles. The molecule has 2 aliphatic heterocycles. The van der Waals surface area contributed by atoms with Crippen molar-refractivity contribution in [3.63, 3.8) is 0 Å². The predicted octanol–water partition coefficient (Wildman–Crippen LogP) is 6.70. The number of nitrogens with zero attached hydrogens (tertiary/aromatic N) is 5. The number of nitrogens with one attached hydrogen (secondary N) is 1. The SMILES string of the molecule is C#Cc1c(F)ccc2cc(O)cc(-c3nc(OC(C)C)c4c(N[C@@H](C)c5cccnc5N)nc(OC[C@@]56CCCN5C[C@H](F)C6)nc4c3F)c12. The fraction of sp³-hybridized carbons (Fsp3) is 0.351. The minimum Gasteiger partial charge on any atom is -0.508 e. The number of hydrogen-bond acceptors (Lipinski definition) is 10. The highest BCUT2D eigenvalue weighted by Gasteiger charge is 2.49. The molecular weight excluding hydrogens is 647 g/mol. The van der Waals surface area contributed by atoms with Crippen molar-refractivity contribution in [2.75, 3.05) is 30.7 Å². The van der Waals surface area contributed by atoms with Crippen LogP contribution >= 0.6 is 0 Å². The molecular formula is C37H36F3N7O3. The zero-order valence-electron chi connectivity index (χ0n) is 27.8. The molecule has 50 heavy (non-hydrogen) atoms. The third-order valence-electron chi connectivity index (χ3n) is 9.45. The standard InChI is InChI=1S/C37H36F3N7O3/c1-5-24-27(39)10-9-21-14-23(48)15-26(28(21)24)31-30(40)32-29(35(44-31)50-19(2)3)34(43-20(4)25-8-6-12-42-33(25)41)46-36(45-32)49-18-37-11-7-13-47(37)17-22(38)16-37/h1,6,8-10,12,14-15,19-20,22,48H,7,11,13,16-18H2,2-4H3,(H2,41,42)(H,43,45,46)/t20-,22+,37-/m0/s1. The third kappa shape index (κ3) is 5.83. The summed E-state index contributed by atoms with van der Waals surface area (Å²) in [5.41, 5.74) is 5.75. The fourth-order valence-electron chi connectivity index (χ4n) is 7.26. The zero-order valence-corrected chi connectivity index (χ0v) is 27.8. The highest BCUT2D eigenvalue weighted by atomic mass is 19.1. The van der Waals surface area contributed by atoms with E-state index < -0.39 is 35.5 Å². The van der Waals surface area contributed by atoms with E-state index in [0.29, 0.717) is 29.7 Å². The largest absolute Gasteiger partial charge is 0.508 e. The lowest BCUT2D eigenvalue weighted by Gasteiger charge is -2.31. The molecule has 0 radical (unpaired) electrons. The Labute approximate surface area is 286 Å². The van der Waals surface area contributed by atoms with E-state index in [9.17, 15) is 9.50 Å². The lowest BCUT2D eigenvalue weighted by molar-refractivity contribution is 0.107. The van der Waals surface area contributed by atoms with Crippen molar-refractivity contribution >= 4 is 33.3 Å². The Morgan fingerprint density at radius 1 is 1.16 bits per heavy atom. The molecule has 13 heteroatoms. The average Bonchev–Trinajstić information content (AvgIpc) is 3.60. The second kappa shape index (κ2) is 12.8. The Morgan fingerprint density at radius 2 is 1.98 bits per heavy atom. The summed E-state index contributed by atoms with van der Waals surface area (Å²) in [6, 6.07) is 8.22. The number of ether oxygens (including phenoxy) is 2. The Kier molecular flexibility index (Phi) is 8.51. The number of benzene rings is 2. The van der Waals surface area contributed by atoms with Gasteiger partial charge in [-0.05, 0) is 69.8 Å². The number of pyridine rings is 2. The summed E-state index contributed by atoms with van der Waals surface area (Å²) in [6.45, 7) is 6.59.